The fourth-order valence-electron chi connectivity index (χ4n) is 2.97. The number of likely N-dealkylation sites (N-methyl/N-ethyl adjacent to an activating group) is 1. The van der Waals surface area contributed by atoms with Gasteiger partial charge in [0, 0.05) is 19.8 Å². The van der Waals surface area contributed by atoms with Crippen LogP contribution in [0.2, 0.25) is 0 Å². The molecular formula is C28H45N5O10S. The number of carbonyl (C=O) groups excluding carboxylic acids is 5. The van der Waals surface area contributed by atoms with Crippen molar-refractivity contribution >= 4 is 53.8 Å². The first-order valence-corrected chi connectivity index (χ1v) is 14.0. The maximum Gasteiger partial charge on any atom is 0.408 e. The van der Waals surface area contributed by atoms with Crippen molar-refractivity contribution in [3.05, 3.63) is 23.1 Å². The summed E-state index contributed by atoms with van der Waals surface area (Å²) in [5.74, 6) is -4.04. The average molecular weight is 644 g/mol. The maximum atomic E-state index is 13.6. The van der Waals surface area contributed by atoms with Crippen LogP contribution in [0.5, 0.6) is 0 Å². The molecule has 0 saturated carbocycles. The molecule has 0 fully saturated rings. The lowest BCUT2D eigenvalue weighted by molar-refractivity contribution is -0.150. The molecule has 0 spiro atoms. The number of thiocarbonyl (C=S) groups is 1. The molecular weight excluding hydrogens is 598 g/mol. The van der Waals surface area contributed by atoms with Gasteiger partial charge in [-0.25, -0.2) is 9.59 Å². The minimum Gasteiger partial charge on any atom is -0.504 e. The van der Waals surface area contributed by atoms with Crippen LogP contribution in [0.4, 0.5) is 9.59 Å². The van der Waals surface area contributed by atoms with E-state index in [1.54, 1.807) is 41.5 Å². The highest BCUT2D eigenvalue weighted by molar-refractivity contribution is 7.78. The number of hydrogen-bond donors (Lipinski definition) is 4. The van der Waals surface area contributed by atoms with Crippen LogP contribution in [-0.2, 0) is 33.3 Å². The zero-order chi connectivity index (χ0) is 34.3. The fourth-order valence-corrected chi connectivity index (χ4v) is 3.19. The van der Waals surface area contributed by atoms with E-state index in [4.69, 9.17) is 36.6 Å². The van der Waals surface area contributed by atoms with E-state index in [9.17, 15) is 29.1 Å². The Balaban J connectivity index is 6.14. The Morgan fingerprint density at radius 1 is 0.955 bits per heavy atom. The number of Topliss-reactive ketones (excluding diaryl/α,β-unsaturated/α-hetero) is 1. The fraction of sp³-hybridized carbons (Fsp3) is 0.607. The molecule has 248 valence electrons. The zero-order valence-corrected chi connectivity index (χ0v) is 27.6. The van der Waals surface area contributed by atoms with Gasteiger partial charge in [-0.3, -0.25) is 14.4 Å². The molecule has 0 aromatic carbocycles. The number of nitrogens with one attached hydrogen (secondary N) is 3. The van der Waals surface area contributed by atoms with Gasteiger partial charge in [-0.1, -0.05) is 12.2 Å². The number of hydrogen-bond acceptors (Lipinski definition) is 12. The predicted octanol–water partition coefficient (Wildman–Crippen LogP) is 2.59. The summed E-state index contributed by atoms with van der Waals surface area (Å²) in [5, 5.41) is 23.1. The van der Waals surface area contributed by atoms with E-state index in [1.165, 1.54) is 11.9 Å². The molecule has 0 heterocycles. The number of ether oxygens (including phenoxy) is 4. The number of carbonyl (C=O) groups is 5. The van der Waals surface area contributed by atoms with Crippen molar-refractivity contribution in [1.29, 1.82) is 5.41 Å². The van der Waals surface area contributed by atoms with Gasteiger partial charge in [0.05, 0.1) is 30.4 Å². The molecule has 0 bridgehead atoms. The van der Waals surface area contributed by atoms with Gasteiger partial charge < -0.3 is 49.9 Å². The summed E-state index contributed by atoms with van der Waals surface area (Å²) >= 11 is 5.10. The molecule has 0 aliphatic heterocycles. The van der Waals surface area contributed by atoms with E-state index >= 15 is 0 Å². The normalized spacial score (nSPS) is 12.4. The third kappa shape index (κ3) is 16.6. The smallest absolute Gasteiger partial charge is 0.408 e. The van der Waals surface area contributed by atoms with Crippen LogP contribution in [0.3, 0.4) is 0 Å². The Labute approximate surface area is 263 Å². The first-order valence-electron chi connectivity index (χ1n) is 13.6. The summed E-state index contributed by atoms with van der Waals surface area (Å²) in [6, 6.07) is 0. The first-order chi connectivity index (χ1) is 20.2. The van der Waals surface area contributed by atoms with Crippen molar-refractivity contribution < 1.29 is 48.0 Å². The molecule has 16 heteroatoms. The number of alkyl carbamates (subject to hydrolysis) is 2. The molecule has 0 rings (SSSR count). The van der Waals surface area contributed by atoms with Crippen molar-refractivity contribution in [3.8, 4) is 0 Å². The molecule has 0 saturated heterocycles. The van der Waals surface area contributed by atoms with E-state index in [1.807, 2.05) is 13.8 Å². The van der Waals surface area contributed by atoms with Gasteiger partial charge in [-0.15, -0.1) is 0 Å². The summed E-state index contributed by atoms with van der Waals surface area (Å²) in [6.45, 7) is 11.7. The number of ketones is 1. The van der Waals surface area contributed by atoms with Crippen molar-refractivity contribution in [2.24, 2.45) is 0 Å². The molecule has 0 radical (unpaired) electrons. The third-order valence-corrected chi connectivity index (χ3v) is 5.02. The maximum absolute atomic E-state index is 13.6. The molecule has 4 N–H and O–H groups in total. The van der Waals surface area contributed by atoms with Crippen LogP contribution in [0, 0.1) is 5.41 Å². The number of amides is 3. The molecule has 15 nitrogen and oxygen atoms in total. The van der Waals surface area contributed by atoms with Crippen molar-refractivity contribution in [2.45, 2.75) is 72.7 Å². The van der Waals surface area contributed by atoms with Gasteiger partial charge in [0.15, 0.2) is 12.5 Å². The van der Waals surface area contributed by atoms with Crippen LogP contribution in [0.1, 0.15) is 55.4 Å². The Bertz CT molecular complexity index is 1120. The highest BCUT2D eigenvalue weighted by Crippen LogP contribution is 2.21. The van der Waals surface area contributed by atoms with Gasteiger partial charge in [-0.05, 0) is 61.5 Å². The second-order valence-electron chi connectivity index (χ2n) is 11.4. The second-order valence-corrected chi connectivity index (χ2v) is 11.7. The number of esters is 1. The zero-order valence-electron chi connectivity index (χ0n) is 26.8. The summed E-state index contributed by atoms with van der Waals surface area (Å²) in [5.41, 5.74) is -1.23. The molecule has 3 amide bonds. The number of aliphatic hydroxyl groups excluding tert-OH is 1. The largest absolute Gasteiger partial charge is 0.504 e. The quantitative estimate of drug-likeness (QED) is 0.0281. The van der Waals surface area contributed by atoms with Gasteiger partial charge >= 0.3 is 18.2 Å². The number of nitrogens with zero attached hydrogens (tertiary/aromatic N) is 2. The Morgan fingerprint density at radius 3 is 1.93 bits per heavy atom. The Morgan fingerprint density at radius 2 is 1.48 bits per heavy atom. The lowest BCUT2D eigenvalue weighted by Gasteiger charge is -2.27. The number of allylic oxidation sites excluding steroid dienone is 1. The van der Waals surface area contributed by atoms with Crippen LogP contribution in [0.25, 0.3) is 0 Å². The lowest BCUT2D eigenvalue weighted by atomic mass is 10.1. The number of rotatable bonds is 16. The van der Waals surface area contributed by atoms with Crippen molar-refractivity contribution in [1.82, 2.24) is 20.4 Å². The first kappa shape index (κ1) is 40.0. The van der Waals surface area contributed by atoms with E-state index in [0.717, 1.165) is 22.7 Å². The summed E-state index contributed by atoms with van der Waals surface area (Å²) in [7, 11) is 1.22. The van der Waals surface area contributed by atoms with Crippen molar-refractivity contribution in [2.75, 3.05) is 40.0 Å². The monoisotopic (exact) mass is 643 g/mol. The molecule has 44 heavy (non-hydrogen) atoms. The lowest BCUT2D eigenvalue weighted by Crippen LogP contribution is -2.40. The second kappa shape index (κ2) is 18.6. The predicted molar refractivity (Wildman–Crippen MR) is 165 cm³/mol. The summed E-state index contributed by atoms with van der Waals surface area (Å²) < 4.78 is 20.7. The summed E-state index contributed by atoms with van der Waals surface area (Å²) in [4.78, 5) is 64.8. The highest BCUT2D eigenvalue weighted by atomic mass is 32.1. The van der Waals surface area contributed by atoms with Gasteiger partial charge in [0.25, 0.3) is 5.91 Å². The average Bonchev–Trinajstić information content (AvgIpc) is 2.89. The van der Waals surface area contributed by atoms with Gasteiger partial charge in [0.2, 0.25) is 5.78 Å². The van der Waals surface area contributed by atoms with E-state index < -0.39 is 72.2 Å². The van der Waals surface area contributed by atoms with Gasteiger partial charge in [-0.2, -0.15) is 0 Å². The van der Waals surface area contributed by atoms with Crippen molar-refractivity contribution in [3.63, 3.8) is 0 Å². The minimum atomic E-state index is -1.07. The van der Waals surface area contributed by atoms with Crippen LogP contribution in [-0.4, -0.2) is 114 Å². The molecule has 0 aromatic rings. The van der Waals surface area contributed by atoms with Crippen LogP contribution in [0.15, 0.2) is 23.1 Å². The molecule has 0 aromatic heterocycles. The topological polar surface area (TPSA) is 197 Å². The Kier molecular flexibility index (Phi) is 16.9. The Hall–Kier alpha value is -4.05. The van der Waals surface area contributed by atoms with E-state index in [0.29, 0.717) is 0 Å². The van der Waals surface area contributed by atoms with Gasteiger partial charge in [0.1, 0.15) is 23.3 Å². The van der Waals surface area contributed by atoms with Crippen LogP contribution >= 0.6 is 12.2 Å². The SMILES string of the molecule is CC(C)OCCN(C=S)C(=CC=N)C(C(=O)N(C)COC(=O)CNC(=O)OC(C)(C)C)=C(O)C(=O)CNC(=O)OC(C)(C)C. The number of aliphatic hydroxyl groups is 1. The molecule has 0 aliphatic carbocycles. The minimum absolute atomic E-state index is 0.0742. The van der Waals surface area contributed by atoms with E-state index in [-0.39, 0.29) is 25.0 Å². The van der Waals surface area contributed by atoms with Crippen LogP contribution < -0.4 is 10.6 Å². The third-order valence-electron chi connectivity index (χ3n) is 4.77. The summed E-state index contributed by atoms with van der Waals surface area (Å²) in [6.07, 6.45) is 0.0265. The molecule has 0 atom stereocenters. The molecule has 0 aliphatic rings. The van der Waals surface area contributed by atoms with E-state index in [2.05, 4.69) is 10.6 Å². The molecule has 0 unspecified atom stereocenters. The standard InChI is InChI=1S/C28H45N5O10S/c1-18(2)40-13-12-33(17-44)19(10-11-29)22(23(36)20(34)14-30-25(38)42-27(3,4)5)24(37)32(9)16-41-21(35)15-31-26(39)43-28(6,7)8/h10-11,17-18,29,36H,12-16H2,1-9H3,(H,30,38)(H,31,39). The highest BCUT2D eigenvalue weighted by Gasteiger charge is 2.30.